The van der Waals surface area contributed by atoms with Crippen molar-refractivity contribution in [2.45, 2.75) is 37.1 Å². The van der Waals surface area contributed by atoms with Crippen molar-refractivity contribution in [1.82, 2.24) is 0 Å². The van der Waals surface area contributed by atoms with E-state index in [1.165, 1.54) is 36.4 Å². The van der Waals surface area contributed by atoms with Gasteiger partial charge in [0.15, 0.2) is 18.6 Å². The molecule has 0 aliphatic carbocycles. The highest BCUT2D eigenvalue weighted by atomic mass is 19.1. The maximum absolute atomic E-state index is 16.3. The summed E-state index contributed by atoms with van der Waals surface area (Å²) in [5.41, 5.74) is 0.815. The molecule has 0 saturated carbocycles. The van der Waals surface area contributed by atoms with Crippen molar-refractivity contribution in [2.75, 3.05) is 6.61 Å². The zero-order valence-electron chi connectivity index (χ0n) is 23.3. The second-order valence-corrected chi connectivity index (χ2v) is 9.82. The van der Waals surface area contributed by atoms with Gasteiger partial charge in [-0.3, -0.25) is 0 Å². The fourth-order valence-corrected chi connectivity index (χ4v) is 4.55. The number of carbonyl (C=O) groups excluding carboxylic acids is 3. The van der Waals surface area contributed by atoms with E-state index in [1.807, 2.05) is 0 Å². The summed E-state index contributed by atoms with van der Waals surface area (Å²) >= 11 is 0. The van der Waals surface area contributed by atoms with Crippen LogP contribution in [0.1, 0.15) is 42.9 Å². The summed E-state index contributed by atoms with van der Waals surface area (Å²) in [6, 6.07) is 32.1. The van der Waals surface area contributed by atoms with Gasteiger partial charge in [0.1, 0.15) is 18.8 Å². The first kappa shape index (κ1) is 30.6. The Morgan fingerprint density at radius 3 is 1.64 bits per heavy atom. The molecular formula is C34H29FO9. The number of rotatable bonds is 10. The molecule has 0 radical (unpaired) electrons. The molecule has 0 spiro atoms. The van der Waals surface area contributed by atoms with E-state index in [0.717, 1.165) is 0 Å². The van der Waals surface area contributed by atoms with E-state index in [-0.39, 0.29) is 16.7 Å². The Bertz CT molecular complexity index is 1520. The SMILES string of the molecule is O=C(OCC1OC(OC(=O)c2ccccc2)C(OC(=O)c2ccccc2)C(OC(O)c2ccccc2)C1F)c1ccccc1. The van der Waals surface area contributed by atoms with Gasteiger partial charge in [-0.25, -0.2) is 18.8 Å². The molecule has 4 aromatic carbocycles. The molecule has 0 amide bonds. The highest BCUT2D eigenvalue weighted by Gasteiger charge is 2.52. The summed E-state index contributed by atoms with van der Waals surface area (Å²) < 4.78 is 44.5. The predicted octanol–water partition coefficient (Wildman–Crippen LogP) is 5.07. The number of hydrogen-bond acceptors (Lipinski definition) is 9. The zero-order valence-corrected chi connectivity index (χ0v) is 23.3. The molecule has 1 fully saturated rings. The Labute approximate surface area is 252 Å². The van der Waals surface area contributed by atoms with Gasteiger partial charge in [-0.15, -0.1) is 0 Å². The molecule has 1 heterocycles. The smallest absolute Gasteiger partial charge is 0.340 e. The number of hydrogen-bond donors (Lipinski definition) is 1. The van der Waals surface area contributed by atoms with Crippen LogP contribution in [0, 0.1) is 0 Å². The third kappa shape index (κ3) is 7.54. The van der Waals surface area contributed by atoms with Gasteiger partial charge in [-0.05, 0) is 36.4 Å². The maximum Gasteiger partial charge on any atom is 0.340 e. The average molecular weight is 601 g/mol. The Morgan fingerprint density at radius 2 is 1.11 bits per heavy atom. The van der Waals surface area contributed by atoms with Crippen molar-refractivity contribution in [2.24, 2.45) is 0 Å². The highest BCUT2D eigenvalue weighted by molar-refractivity contribution is 5.90. The van der Waals surface area contributed by atoms with Gasteiger partial charge in [0.25, 0.3) is 0 Å². The van der Waals surface area contributed by atoms with E-state index in [2.05, 4.69) is 0 Å². The number of ether oxygens (including phenoxy) is 5. The van der Waals surface area contributed by atoms with Gasteiger partial charge < -0.3 is 28.8 Å². The standard InChI is InChI=1S/C34H29FO9/c35-27-26(21-40-30(36)22-13-5-1-6-14-22)41-34(44-33(39)25-19-11-4-12-20-25)29(43-32(38)24-17-9-3-10-18-24)28(27)42-31(37)23-15-7-2-8-16-23/h1-20,26-29,31,34,37H,21H2. The monoisotopic (exact) mass is 600 g/mol. The van der Waals surface area contributed by atoms with Crippen molar-refractivity contribution < 1.29 is 47.6 Å². The van der Waals surface area contributed by atoms with Crippen molar-refractivity contribution in [3.05, 3.63) is 144 Å². The van der Waals surface area contributed by atoms with E-state index in [4.69, 9.17) is 23.7 Å². The minimum atomic E-state index is -2.11. The fourth-order valence-electron chi connectivity index (χ4n) is 4.55. The van der Waals surface area contributed by atoms with Crippen LogP contribution in [0.2, 0.25) is 0 Å². The van der Waals surface area contributed by atoms with Crippen molar-refractivity contribution in [1.29, 1.82) is 0 Å². The third-order valence-electron chi connectivity index (χ3n) is 6.81. The molecule has 10 heteroatoms. The largest absolute Gasteiger partial charge is 0.459 e. The van der Waals surface area contributed by atoms with E-state index in [9.17, 15) is 19.5 Å². The molecule has 6 unspecified atom stereocenters. The Balaban J connectivity index is 1.45. The minimum absolute atomic E-state index is 0.136. The Kier molecular flexibility index (Phi) is 10.1. The topological polar surface area (TPSA) is 118 Å². The molecule has 1 N–H and O–H groups in total. The minimum Gasteiger partial charge on any atom is -0.459 e. The van der Waals surface area contributed by atoms with Crippen LogP contribution in [0.5, 0.6) is 0 Å². The molecule has 4 aromatic rings. The lowest BCUT2D eigenvalue weighted by atomic mass is 9.99. The maximum atomic E-state index is 16.3. The van der Waals surface area contributed by atoms with E-state index in [1.54, 1.807) is 84.9 Å². The molecule has 9 nitrogen and oxygen atoms in total. The molecule has 1 aliphatic rings. The molecule has 44 heavy (non-hydrogen) atoms. The van der Waals surface area contributed by atoms with Gasteiger partial charge in [0, 0.05) is 5.56 Å². The van der Waals surface area contributed by atoms with Crippen LogP contribution in [-0.4, -0.2) is 60.4 Å². The molecule has 1 aliphatic heterocycles. The predicted molar refractivity (Wildman–Crippen MR) is 154 cm³/mol. The van der Waals surface area contributed by atoms with E-state index in [0.29, 0.717) is 5.56 Å². The summed E-state index contributed by atoms with van der Waals surface area (Å²) in [5.74, 6) is -2.46. The lowest BCUT2D eigenvalue weighted by Crippen LogP contribution is -2.60. The van der Waals surface area contributed by atoms with Gasteiger partial charge in [0.2, 0.25) is 6.29 Å². The molecule has 5 rings (SSSR count). The van der Waals surface area contributed by atoms with Gasteiger partial charge in [-0.1, -0.05) is 84.9 Å². The van der Waals surface area contributed by atoms with Crippen LogP contribution >= 0.6 is 0 Å². The number of benzene rings is 4. The van der Waals surface area contributed by atoms with Gasteiger partial charge >= 0.3 is 17.9 Å². The summed E-state index contributed by atoms with van der Waals surface area (Å²) in [6.45, 7) is -0.602. The van der Waals surface area contributed by atoms with Crippen LogP contribution in [0.4, 0.5) is 4.39 Å². The Hall–Kier alpha value is -4.90. The number of aliphatic hydroxyl groups is 1. The van der Waals surface area contributed by atoms with Crippen molar-refractivity contribution in [3.8, 4) is 0 Å². The quantitative estimate of drug-likeness (QED) is 0.151. The van der Waals surface area contributed by atoms with Gasteiger partial charge in [-0.2, -0.15) is 0 Å². The lowest BCUT2D eigenvalue weighted by Gasteiger charge is -2.42. The lowest BCUT2D eigenvalue weighted by molar-refractivity contribution is -0.301. The van der Waals surface area contributed by atoms with Crippen LogP contribution in [0.3, 0.4) is 0 Å². The number of halogens is 1. The highest BCUT2D eigenvalue weighted by Crippen LogP contribution is 2.33. The summed E-state index contributed by atoms with van der Waals surface area (Å²) in [7, 11) is 0. The molecule has 226 valence electrons. The van der Waals surface area contributed by atoms with Crippen molar-refractivity contribution in [3.63, 3.8) is 0 Å². The zero-order chi connectivity index (χ0) is 30.9. The molecule has 1 saturated heterocycles. The van der Waals surface area contributed by atoms with Crippen LogP contribution < -0.4 is 0 Å². The molecule has 0 aromatic heterocycles. The second kappa shape index (κ2) is 14.5. The molecule has 0 bridgehead atoms. The second-order valence-electron chi connectivity index (χ2n) is 9.82. The number of alkyl halides is 1. The van der Waals surface area contributed by atoms with Gasteiger partial charge in [0.05, 0.1) is 16.7 Å². The fraction of sp³-hybridized carbons (Fsp3) is 0.206. The summed E-state index contributed by atoms with van der Waals surface area (Å²) in [4.78, 5) is 38.9. The van der Waals surface area contributed by atoms with Crippen LogP contribution in [0.15, 0.2) is 121 Å². The van der Waals surface area contributed by atoms with E-state index >= 15 is 4.39 Å². The van der Waals surface area contributed by atoms with Crippen LogP contribution in [0.25, 0.3) is 0 Å². The molecule has 6 atom stereocenters. The van der Waals surface area contributed by atoms with E-state index < -0.39 is 61.6 Å². The number of aliphatic hydroxyl groups excluding tert-OH is 1. The average Bonchev–Trinajstić information content (AvgIpc) is 3.08. The normalized spacial score (nSPS) is 21.9. The third-order valence-corrected chi connectivity index (χ3v) is 6.81. The van der Waals surface area contributed by atoms with Crippen LogP contribution in [-0.2, 0) is 23.7 Å². The number of carbonyl (C=O) groups is 3. The Morgan fingerprint density at radius 1 is 0.659 bits per heavy atom. The van der Waals surface area contributed by atoms with Crippen molar-refractivity contribution >= 4 is 17.9 Å². The number of esters is 3. The summed E-state index contributed by atoms with van der Waals surface area (Å²) in [6.07, 6.45) is -10.4. The summed E-state index contributed by atoms with van der Waals surface area (Å²) in [5, 5.41) is 10.9. The molecular weight excluding hydrogens is 571 g/mol. The first-order valence-corrected chi connectivity index (χ1v) is 13.8. The first-order chi connectivity index (χ1) is 21.4. The first-order valence-electron chi connectivity index (χ1n) is 13.8.